The highest BCUT2D eigenvalue weighted by Gasteiger charge is 2.08. The third-order valence-electron chi connectivity index (χ3n) is 1.50. The summed E-state index contributed by atoms with van der Waals surface area (Å²) in [5.41, 5.74) is 0. The second-order valence-electron chi connectivity index (χ2n) is 2.64. The van der Waals surface area contributed by atoms with Crippen molar-refractivity contribution in [2.45, 2.75) is 0 Å². The highest BCUT2D eigenvalue weighted by molar-refractivity contribution is 8.13. The number of rotatable bonds is 4. The van der Waals surface area contributed by atoms with Crippen LogP contribution in [0.1, 0.15) is 0 Å². The molecular weight excluding hydrogens is 283 g/mol. The second-order valence-corrected chi connectivity index (χ2v) is 6.33. The fourth-order valence-electron chi connectivity index (χ4n) is 0.847. The van der Waals surface area contributed by atoms with Gasteiger partial charge in [0.25, 0.3) is 0 Å². The molecule has 7 heteroatoms. The van der Waals surface area contributed by atoms with Crippen molar-refractivity contribution in [3.05, 3.63) is 28.2 Å². The van der Waals surface area contributed by atoms with E-state index in [9.17, 15) is 8.42 Å². The van der Waals surface area contributed by atoms with Gasteiger partial charge in [-0.1, -0.05) is 29.3 Å². The summed E-state index contributed by atoms with van der Waals surface area (Å²) in [6.07, 6.45) is 0. The fraction of sp³-hybridized carbons (Fsp3) is 0.250. The molecule has 0 bridgehead atoms. The van der Waals surface area contributed by atoms with Crippen LogP contribution in [0.15, 0.2) is 18.2 Å². The van der Waals surface area contributed by atoms with Crippen molar-refractivity contribution in [1.29, 1.82) is 0 Å². The van der Waals surface area contributed by atoms with Gasteiger partial charge in [-0.2, -0.15) is 0 Å². The van der Waals surface area contributed by atoms with Crippen molar-refractivity contribution in [3.8, 4) is 5.75 Å². The lowest BCUT2D eigenvalue weighted by atomic mass is 10.3. The molecule has 0 fully saturated rings. The molecule has 1 rings (SSSR count). The van der Waals surface area contributed by atoms with E-state index in [-0.39, 0.29) is 17.4 Å². The van der Waals surface area contributed by atoms with Gasteiger partial charge < -0.3 is 4.74 Å². The molecule has 15 heavy (non-hydrogen) atoms. The van der Waals surface area contributed by atoms with Crippen LogP contribution in [0.3, 0.4) is 0 Å². The zero-order valence-electron chi connectivity index (χ0n) is 7.41. The maximum Gasteiger partial charge on any atom is 0.235 e. The molecule has 0 aromatic heterocycles. The van der Waals surface area contributed by atoms with E-state index in [1.54, 1.807) is 18.2 Å². The third kappa shape index (κ3) is 4.47. The molecule has 0 saturated heterocycles. The molecule has 0 aliphatic heterocycles. The first-order valence-electron chi connectivity index (χ1n) is 3.89. The molecule has 84 valence electrons. The molecule has 0 aliphatic carbocycles. The van der Waals surface area contributed by atoms with Gasteiger partial charge in [-0.05, 0) is 12.1 Å². The van der Waals surface area contributed by atoms with Crippen LogP contribution in [0, 0.1) is 0 Å². The Labute approximate surface area is 102 Å². The summed E-state index contributed by atoms with van der Waals surface area (Å²) in [7, 11) is 1.46. The van der Waals surface area contributed by atoms with Crippen molar-refractivity contribution in [2.24, 2.45) is 0 Å². The van der Waals surface area contributed by atoms with E-state index in [0.29, 0.717) is 10.8 Å². The molecule has 0 amide bonds. The van der Waals surface area contributed by atoms with Gasteiger partial charge in [0.05, 0.1) is 10.8 Å². The first kappa shape index (κ1) is 12.9. The van der Waals surface area contributed by atoms with Gasteiger partial charge >= 0.3 is 0 Å². The van der Waals surface area contributed by atoms with Crippen LogP contribution in [0.4, 0.5) is 0 Å². The first-order valence-corrected chi connectivity index (χ1v) is 7.13. The number of ether oxygens (including phenoxy) is 1. The van der Waals surface area contributed by atoms with E-state index < -0.39 is 9.05 Å². The predicted octanol–water partition coefficient (Wildman–Crippen LogP) is 2.94. The van der Waals surface area contributed by atoms with Crippen molar-refractivity contribution in [1.82, 2.24) is 0 Å². The average Bonchev–Trinajstić information content (AvgIpc) is 2.10. The van der Waals surface area contributed by atoms with Crippen molar-refractivity contribution < 1.29 is 13.2 Å². The second kappa shape index (κ2) is 5.25. The first-order chi connectivity index (χ1) is 6.90. The maximum absolute atomic E-state index is 10.6. The van der Waals surface area contributed by atoms with Gasteiger partial charge in [-0.25, -0.2) is 8.42 Å². The standard InChI is InChI=1S/C8H7Cl3O3S/c9-6-2-1-3-7(8(6)10)14-4-5-15(11,12)13/h1-3H,4-5H2. The minimum Gasteiger partial charge on any atom is -0.491 e. The van der Waals surface area contributed by atoms with Gasteiger partial charge in [0.15, 0.2) is 0 Å². The lowest BCUT2D eigenvalue weighted by Gasteiger charge is -2.07. The smallest absolute Gasteiger partial charge is 0.235 e. The summed E-state index contributed by atoms with van der Waals surface area (Å²) in [5, 5.41) is 0.606. The van der Waals surface area contributed by atoms with Crippen LogP contribution in [0.25, 0.3) is 0 Å². The van der Waals surface area contributed by atoms with E-state index in [1.807, 2.05) is 0 Å². The topological polar surface area (TPSA) is 43.4 Å². The lowest BCUT2D eigenvalue weighted by molar-refractivity contribution is 0.342. The molecular formula is C8H7Cl3O3S. The normalized spacial score (nSPS) is 11.4. The predicted molar refractivity (Wildman–Crippen MR) is 61.6 cm³/mol. The largest absolute Gasteiger partial charge is 0.491 e. The third-order valence-corrected chi connectivity index (χ3v) is 3.42. The molecule has 0 N–H and O–H groups in total. The Hall–Kier alpha value is -0.160. The number of halogens is 3. The Balaban J connectivity index is 2.62. The molecule has 0 spiro atoms. The van der Waals surface area contributed by atoms with Crippen LogP contribution in [0.5, 0.6) is 5.75 Å². The molecule has 3 nitrogen and oxygen atoms in total. The Morgan fingerprint density at radius 2 is 1.93 bits per heavy atom. The quantitative estimate of drug-likeness (QED) is 0.801. The minimum atomic E-state index is -3.55. The number of hydrogen-bond donors (Lipinski definition) is 0. The summed E-state index contributed by atoms with van der Waals surface area (Å²) < 4.78 is 26.3. The zero-order valence-corrected chi connectivity index (χ0v) is 10.5. The SMILES string of the molecule is O=S(=O)(Cl)CCOc1cccc(Cl)c1Cl. The van der Waals surface area contributed by atoms with Crippen LogP contribution < -0.4 is 4.74 Å². The molecule has 0 unspecified atom stereocenters. The van der Waals surface area contributed by atoms with E-state index in [0.717, 1.165) is 0 Å². The van der Waals surface area contributed by atoms with Gasteiger partial charge in [0.1, 0.15) is 17.4 Å². The van der Waals surface area contributed by atoms with Crippen LogP contribution in [-0.4, -0.2) is 20.8 Å². The Morgan fingerprint density at radius 1 is 1.27 bits per heavy atom. The van der Waals surface area contributed by atoms with Gasteiger partial charge in [-0.3, -0.25) is 0 Å². The highest BCUT2D eigenvalue weighted by Crippen LogP contribution is 2.31. The minimum absolute atomic E-state index is 0.0636. The lowest BCUT2D eigenvalue weighted by Crippen LogP contribution is -2.08. The maximum atomic E-state index is 10.6. The fourth-order valence-corrected chi connectivity index (χ4v) is 1.66. The highest BCUT2D eigenvalue weighted by atomic mass is 35.7. The number of benzene rings is 1. The zero-order chi connectivity index (χ0) is 11.5. The Morgan fingerprint density at radius 3 is 2.53 bits per heavy atom. The summed E-state index contributed by atoms with van der Waals surface area (Å²) in [5.74, 6) is 0.0571. The molecule has 0 radical (unpaired) electrons. The summed E-state index contributed by atoms with van der Waals surface area (Å²) in [4.78, 5) is 0. The van der Waals surface area contributed by atoms with Crippen LogP contribution >= 0.6 is 33.9 Å². The number of hydrogen-bond acceptors (Lipinski definition) is 3. The molecule has 0 aliphatic rings. The van der Waals surface area contributed by atoms with Gasteiger partial charge in [0.2, 0.25) is 9.05 Å². The summed E-state index contributed by atoms with van der Waals surface area (Å²) >= 11 is 11.5. The molecule has 1 aromatic carbocycles. The van der Waals surface area contributed by atoms with E-state index in [1.165, 1.54) is 0 Å². The average molecular weight is 290 g/mol. The van der Waals surface area contributed by atoms with Crippen molar-refractivity contribution >= 4 is 42.9 Å². The van der Waals surface area contributed by atoms with Gasteiger partial charge in [0, 0.05) is 10.7 Å². The Bertz CT molecular complexity index is 444. The van der Waals surface area contributed by atoms with Gasteiger partial charge in [-0.15, -0.1) is 0 Å². The van der Waals surface area contributed by atoms with E-state index in [2.05, 4.69) is 0 Å². The molecule has 1 aromatic rings. The Kier molecular flexibility index (Phi) is 4.52. The summed E-state index contributed by atoms with van der Waals surface area (Å²) in [6.45, 7) is -0.0636. The van der Waals surface area contributed by atoms with Crippen LogP contribution in [0.2, 0.25) is 10.0 Å². The van der Waals surface area contributed by atoms with Crippen molar-refractivity contribution in [2.75, 3.05) is 12.4 Å². The van der Waals surface area contributed by atoms with E-state index in [4.69, 9.17) is 38.6 Å². The van der Waals surface area contributed by atoms with Crippen molar-refractivity contribution in [3.63, 3.8) is 0 Å². The molecule has 0 heterocycles. The van der Waals surface area contributed by atoms with E-state index >= 15 is 0 Å². The molecule has 0 saturated carbocycles. The monoisotopic (exact) mass is 288 g/mol. The summed E-state index contributed by atoms with van der Waals surface area (Å²) in [6, 6.07) is 4.85. The molecule has 0 atom stereocenters. The van der Waals surface area contributed by atoms with Crippen LogP contribution in [-0.2, 0) is 9.05 Å².